The summed E-state index contributed by atoms with van der Waals surface area (Å²) < 4.78 is 12.4. The topological polar surface area (TPSA) is 73.8 Å². The average molecular weight is 375 g/mol. The van der Waals surface area contributed by atoms with Crippen LogP contribution in [-0.2, 0) is 6.61 Å². The fraction of sp³-hybridized carbons (Fsp3) is 0.118. The van der Waals surface area contributed by atoms with Crippen LogP contribution in [0.25, 0.3) is 15.9 Å². The monoisotopic (exact) mass is 374 g/mol. The van der Waals surface area contributed by atoms with Gasteiger partial charge < -0.3 is 9.15 Å². The molecule has 0 aliphatic heterocycles. The minimum atomic E-state index is -0.434. The zero-order chi connectivity index (χ0) is 17.6. The second-order valence-corrected chi connectivity index (χ2v) is 6.74. The van der Waals surface area contributed by atoms with E-state index < -0.39 is 5.63 Å². The second kappa shape index (κ2) is 6.02. The predicted molar refractivity (Wildman–Crippen MR) is 95.9 cm³/mol. The van der Waals surface area contributed by atoms with Crippen molar-refractivity contribution in [2.45, 2.75) is 13.5 Å². The largest absolute Gasteiger partial charge is 0.486 e. The lowest BCUT2D eigenvalue weighted by molar-refractivity contribution is 0.301. The highest BCUT2D eigenvalue weighted by atomic mass is 35.5. The van der Waals surface area contributed by atoms with Gasteiger partial charge in [0.05, 0.1) is 10.7 Å². The molecular formula is C17H11ClN2O4S. The number of ether oxygens (including phenoxy) is 1. The molecule has 0 amide bonds. The minimum absolute atomic E-state index is 0.0743. The molecule has 0 saturated heterocycles. The molecule has 4 aromatic rings. The molecule has 0 aliphatic rings. The zero-order valence-corrected chi connectivity index (χ0v) is 14.6. The van der Waals surface area contributed by atoms with Crippen molar-refractivity contribution in [2.24, 2.45) is 0 Å². The number of hydrogen-bond donors (Lipinski definition) is 0. The molecule has 0 spiro atoms. The number of hydrogen-bond acceptors (Lipinski definition) is 6. The van der Waals surface area contributed by atoms with Gasteiger partial charge >= 0.3 is 5.63 Å². The van der Waals surface area contributed by atoms with Gasteiger partial charge in [-0.1, -0.05) is 11.6 Å². The third kappa shape index (κ3) is 2.92. The van der Waals surface area contributed by atoms with Crippen molar-refractivity contribution in [1.82, 2.24) is 9.38 Å². The van der Waals surface area contributed by atoms with Crippen molar-refractivity contribution in [2.75, 3.05) is 0 Å². The Hall–Kier alpha value is -2.64. The fourth-order valence-corrected chi connectivity index (χ4v) is 3.50. The molecule has 0 saturated carbocycles. The highest BCUT2D eigenvalue weighted by Crippen LogP contribution is 2.31. The Labute approximate surface area is 149 Å². The number of thiazole rings is 1. The minimum Gasteiger partial charge on any atom is -0.486 e. The van der Waals surface area contributed by atoms with Crippen molar-refractivity contribution in [3.05, 3.63) is 72.9 Å². The van der Waals surface area contributed by atoms with Crippen LogP contribution in [-0.4, -0.2) is 9.38 Å². The lowest BCUT2D eigenvalue weighted by Gasteiger charge is -2.09. The van der Waals surface area contributed by atoms with Gasteiger partial charge in [0.1, 0.15) is 17.9 Å². The van der Waals surface area contributed by atoms with E-state index >= 15 is 0 Å². The molecular weight excluding hydrogens is 364 g/mol. The molecule has 25 heavy (non-hydrogen) atoms. The first kappa shape index (κ1) is 15.9. The first-order valence-corrected chi connectivity index (χ1v) is 8.59. The Kier molecular flexibility index (Phi) is 3.82. The predicted octanol–water partition coefficient (Wildman–Crippen LogP) is 3.40. The maximum absolute atomic E-state index is 12.0. The van der Waals surface area contributed by atoms with Crippen molar-refractivity contribution in [1.29, 1.82) is 0 Å². The molecule has 126 valence electrons. The number of aromatic nitrogens is 2. The SMILES string of the molecule is Cc1cc(=O)oc2cc(OCc3cc(=O)n4ccsc4n3)c(Cl)cc12. The summed E-state index contributed by atoms with van der Waals surface area (Å²) in [7, 11) is 0. The van der Waals surface area contributed by atoms with Crippen LogP contribution in [0.4, 0.5) is 0 Å². The third-order valence-electron chi connectivity index (χ3n) is 3.74. The first-order valence-electron chi connectivity index (χ1n) is 7.34. The highest BCUT2D eigenvalue weighted by Gasteiger charge is 2.10. The number of benzene rings is 1. The van der Waals surface area contributed by atoms with Gasteiger partial charge in [-0.3, -0.25) is 9.20 Å². The third-order valence-corrected chi connectivity index (χ3v) is 4.79. The molecule has 0 radical (unpaired) electrons. The van der Waals surface area contributed by atoms with Crippen molar-refractivity contribution < 1.29 is 9.15 Å². The summed E-state index contributed by atoms with van der Waals surface area (Å²) in [5, 5.41) is 2.92. The lowest BCUT2D eigenvalue weighted by Crippen LogP contribution is -2.14. The van der Waals surface area contributed by atoms with Crippen LogP contribution in [0.3, 0.4) is 0 Å². The fourth-order valence-electron chi connectivity index (χ4n) is 2.54. The van der Waals surface area contributed by atoms with Gasteiger partial charge in [0.15, 0.2) is 4.96 Å². The van der Waals surface area contributed by atoms with Gasteiger partial charge in [0.2, 0.25) is 0 Å². The molecule has 6 nitrogen and oxygen atoms in total. The van der Waals surface area contributed by atoms with E-state index in [9.17, 15) is 9.59 Å². The van der Waals surface area contributed by atoms with Crippen LogP contribution < -0.4 is 15.9 Å². The molecule has 4 rings (SSSR count). The van der Waals surface area contributed by atoms with Crippen molar-refractivity contribution >= 4 is 38.9 Å². The summed E-state index contributed by atoms with van der Waals surface area (Å²) in [6.07, 6.45) is 1.67. The number of fused-ring (bicyclic) bond motifs is 2. The standard InChI is InChI=1S/C17H11ClN2O4S/c1-9-4-16(22)24-13-7-14(12(18)6-11(9)13)23-8-10-5-15(21)20-2-3-25-17(20)19-10/h2-7H,8H2,1H3. The maximum Gasteiger partial charge on any atom is 0.336 e. The Balaban J connectivity index is 1.69. The van der Waals surface area contributed by atoms with E-state index in [0.717, 1.165) is 10.9 Å². The van der Waals surface area contributed by atoms with E-state index in [0.29, 0.717) is 27.0 Å². The molecule has 3 aromatic heterocycles. The highest BCUT2D eigenvalue weighted by molar-refractivity contribution is 7.15. The van der Waals surface area contributed by atoms with E-state index in [1.807, 2.05) is 6.92 Å². The molecule has 0 aliphatic carbocycles. The molecule has 0 bridgehead atoms. The van der Waals surface area contributed by atoms with Crippen LogP contribution in [0, 0.1) is 6.92 Å². The maximum atomic E-state index is 12.0. The summed E-state index contributed by atoms with van der Waals surface area (Å²) in [4.78, 5) is 28.5. The van der Waals surface area contributed by atoms with Gasteiger partial charge in [0.25, 0.3) is 5.56 Å². The lowest BCUT2D eigenvalue weighted by atomic mass is 10.1. The smallest absolute Gasteiger partial charge is 0.336 e. The summed E-state index contributed by atoms with van der Waals surface area (Å²) >= 11 is 7.63. The second-order valence-electron chi connectivity index (χ2n) is 5.46. The Bertz CT molecular complexity index is 1220. The number of rotatable bonds is 3. The van der Waals surface area contributed by atoms with E-state index in [-0.39, 0.29) is 12.2 Å². The van der Waals surface area contributed by atoms with Crippen LogP contribution in [0.1, 0.15) is 11.3 Å². The van der Waals surface area contributed by atoms with Gasteiger partial charge in [-0.15, -0.1) is 11.3 Å². The number of aryl methyl sites for hydroxylation is 1. The number of nitrogens with zero attached hydrogens (tertiary/aromatic N) is 2. The quantitative estimate of drug-likeness (QED) is 0.514. The van der Waals surface area contributed by atoms with E-state index in [1.54, 1.807) is 23.7 Å². The normalized spacial score (nSPS) is 11.3. The summed E-state index contributed by atoms with van der Waals surface area (Å²) in [5.41, 5.74) is 1.06. The van der Waals surface area contributed by atoms with Crippen LogP contribution >= 0.6 is 22.9 Å². The average Bonchev–Trinajstić information content (AvgIpc) is 3.03. The molecule has 0 atom stereocenters. The molecule has 0 N–H and O–H groups in total. The van der Waals surface area contributed by atoms with Gasteiger partial charge in [0, 0.05) is 35.2 Å². The Morgan fingerprint density at radius 1 is 1.28 bits per heavy atom. The summed E-state index contributed by atoms with van der Waals surface area (Å²) in [5.74, 6) is 0.357. The zero-order valence-electron chi connectivity index (χ0n) is 13.0. The molecule has 0 fully saturated rings. The van der Waals surface area contributed by atoms with Gasteiger partial charge in [-0.05, 0) is 18.6 Å². The molecule has 1 aromatic carbocycles. The van der Waals surface area contributed by atoms with E-state index in [2.05, 4.69) is 4.98 Å². The van der Waals surface area contributed by atoms with Crippen molar-refractivity contribution in [3.8, 4) is 5.75 Å². The Morgan fingerprint density at radius 3 is 2.96 bits per heavy atom. The molecule has 8 heteroatoms. The molecule has 3 heterocycles. The van der Waals surface area contributed by atoms with Gasteiger partial charge in [-0.2, -0.15) is 0 Å². The van der Waals surface area contributed by atoms with Crippen LogP contribution in [0.2, 0.25) is 5.02 Å². The first-order chi connectivity index (χ1) is 12.0. The molecule has 0 unspecified atom stereocenters. The Morgan fingerprint density at radius 2 is 2.12 bits per heavy atom. The van der Waals surface area contributed by atoms with Crippen LogP contribution in [0.5, 0.6) is 5.75 Å². The van der Waals surface area contributed by atoms with Crippen molar-refractivity contribution in [3.63, 3.8) is 0 Å². The summed E-state index contributed by atoms with van der Waals surface area (Å²) in [6.45, 7) is 1.88. The van der Waals surface area contributed by atoms with E-state index in [4.69, 9.17) is 20.8 Å². The van der Waals surface area contributed by atoms with E-state index in [1.165, 1.54) is 27.9 Å². The van der Waals surface area contributed by atoms with Crippen LogP contribution in [0.15, 0.2) is 49.8 Å². The summed E-state index contributed by atoms with van der Waals surface area (Å²) in [6, 6.07) is 6.09. The van der Waals surface area contributed by atoms with Gasteiger partial charge in [-0.25, -0.2) is 9.78 Å². The number of halogens is 1.